The molecule has 0 atom stereocenters. The van der Waals surface area contributed by atoms with Crippen LogP contribution >= 0.6 is 0 Å². The first-order chi connectivity index (χ1) is 6.49. The van der Waals surface area contributed by atoms with Crippen molar-refractivity contribution in [3.05, 3.63) is 29.4 Å². The fourth-order valence-electron chi connectivity index (χ4n) is 0.800. The zero-order valence-corrected chi connectivity index (χ0v) is 8.24. The Morgan fingerprint density at radius 3 is 2.71 bits per heavy atom. The third-order valence-corrected chi connectivity index (χ3v) is 2.55. The maximum Gasteiger partial charge on any atom is 0.252 e. The first-order valence-corrected chi connectivity index (χ1v) is 5.17. The van der Waals surface area contributed by atoms with E-state index in [4.69, 9.17) is 5.26 Å². The van der Waals surface area contributed by atoms with E-state index in [0.717, 1.165) is 5.41 Å². The number of nitriles is 1. The molecule has 0 fully saturated rings. The van der Waals surface area contributed by atoms with E-state index >= 15 is 0 Å². The Hall–Kier alpha value is -1.74. The molecule has 0 bridgehead atoms. The molecule has 14 heavy (non-hydrogen) atoms. The van der Waals surface area contributed by atoms with Gasteiger partial charge in [-0.1, -0.05) is 6.58 Å². The highest BCUT2D eigenvalue weighted by Crippen LogP contribution is 2.07. The van der Waals surface area contributed by atoms with E-state index in [1.54, 1.807) is 13.0 Å². The minimum atomic E-state index is -3.66. The van der Waals surface area contributed by atoms with Crippen molar-refractivity contribution in [2.24, 2.45) is 0 Å². The largest absolute Gasteiger partial charge is 0.252 e. The molecule has 0 saturated carbocycles. The molecular formula is C8H7N3O2S. The van der Waals surface area contributed by atoms with Crippen LogP contribution in [0.1, 0.15) is 11.4 Å². The van der Waals surface area contributed by atoms with Gasteiger partial charge in [0.25, 0.3) is 5.16 Å². The smallest absolute Gasteiger partial charge is 0.223 e. The van der Waals surface area contributed by atoms with Crippen molar-refractivity contribution < 1.29 is 8.42 Å². The van der Waals surface area contributed by atoms with Crippen LogP contribution in [0.15, 0.2) is 23.2 Å². The van der Waals surface area contributed by atoms with Crippen LogP contribution in [0, 0.1) is 18.3 Å². The normalized spacial score (nSPS) is 10.6. The second kappa shape index (κ2) is 3.55. The highest BCUT2D eigenvalue weighted by Gasteiger charge is 2.14. The molecule has 1 aromatic rings. The van der Waals surface area contributed by atoms with E-state index < -0.39 is 9.84 Å². The number of nitrogens with zero attached hydrogens (tertiary/aromatic N) is 3. The minimum absolute atomic E-state index is 0.0259. The summed E-state index contributed by atoms with van der Waals surface area (Å²) < 4.78 is 22.5. The standard InChI is InChI=1S/C8H7N3O2S/c1-3-14(12,13)8-10-6(2)4-7(5-9)11-8/h3-4H,1H2,2H3. The molecule has 5 nitrogen and oxygen atoms in total. The van der Waals surface area contributed by atoms with Crippen LogP contribution in [-0.4, -0.2) is 18.4 Å². The Morgan fingerprint density at radius 2 is 2.21 bits per heavy atom. The summed E-state index contributed by atoms with van der Waals surface area (Å²) in [4.78, 5) is 7.27. The first-order valence-electron chi connectivity index (χ1n) is 3.63. The molecule has 0 aliphatic heterocycles. The molecule has 1 aromatic heterocycles. The summed E-state index contributed by atoms with van der Waals surface area (Å²) in [6.07, 6.45) is 0. The zero-order valence-electron chi connectivity index (χ0n) is 7.43. The van der Waals surface area contributed by atoms with Gasteiger partial charge in [-0.15, -0.1) is 0 Å². The number of sulfone groups is 1. The van der Waals surface area contributed by atoms with Crippen LogP contribution in [0.25, 0.3) is 0 Å². The number of aromatic nitrogens is 2. The van der Waals surface area contributed by atoms with E-state index in [1.165, 1.54) is 6.07 Å². The molecule has 0 amide bonds. The van der Waals surface area contributed by atoms with Crippen molar-refractivity contribution in [3.63, 3.8) is 0 Å². The van der Waals surface area contributed by atoms with Crippen LogP contribution in [0.4, 0.5) is 0 Å². The molecule has 0 N–H and O–H groups in total. The number of hydrogen-bond acceptors (Lipinski definition) is 5. The predicted octanol–water partition coefficient (Wildman–Crippen LogP) is 0.574. The predicted molar refractivity (Wildman–Crippen MR) is 48.9 cm³/mol. The lowest BCUT2D eigenvalue weighted by atomic mass is 10.4. The summed E-state index contributed by atoms with van der Waals surface area (Å²) in [5.41, 5.74) is 0.454. The van der Waals surface area contributed by atoms with E-state index in [9.17, 15) is 8.42 Å². The molecule has 1 heterocycles. The third kappa shape index (κ3) is 1.95. The average Bonchev–Trinajstić information content (AvgIpc) is 2.16. The van der Waals surface area contributed by atoms with Gasteiger partial charge in [-0.3, -0.25) is 0 Å². The highest BCUT2D eigenvalue weighted by atomic mass is 32.2. The minimum Gasteiger partial charge on any atom is -0.223 e. The van der Waals surface area contributed by atoms with Gasteiger partial charge < -0.3 is 0 Å². The maximum absolute atomic E-state index is 11.3. The first kappa shape index (κ1) is 10.3. The van der Waals surface area contributed by atoms with Gasteiger partial charge in [-0.2, -0.15) is 5.26 Å². The maximum atomic E-state index is 11.3. The fraction of sp³-hybridized carbons (Fsp3) is 0.125. The molecule has 0 aliphatic rings. The van der Waals surface area contributed by atoms with Crippen molar-refractivity contribution in [1.29, 1.82) is 5.26 Å². The SMILES string of the molecule is C=CS(=O)(=O)c1nc(C)cc(C#N)n1. The zero-order chi connectivity index (χ0) is 10.8. The van der Waals surface area contributed by atoms with Crippen molar-refractivity contribution in [3.8, 4) is 6.07 Å². The monoisotopic (exact) mass is 209 g/mol. The second-order valence-corrected chi connectivity index (χ2v) is 4.29. The molecule has 0 aromatic carbocycles. The van der Waals surface area contributed by atoms with Crippen molar-refractivity contribution in [1.82, 2.24) is 9.97 Å². The van der Waals surface area contributed by atoms with Gasteiger partial charge in [-0.05, 0) is 13.0 Å². The van der Waals surface area contributed by atoms with Gasteiger partial charge in [0.1, 0.15) is 11.8 Å². The van der Waals surface area contributed by atoms with E-state index in [1.807, 2.05) is 0 Å². The lowest BCUT2D eigenvalue weighted by Gasteiger charge is -1.98. The Morgan fingerprint density at radius 1 is 1.57 bits per heavy atom. The van der Waals surface area contributed by atoms with Crippen LogP contribution in [0.2, 0.25) is 0 Å². The summed E-state index contributed by atoms with van der Waals surface area (Å²) in [5, 5.41) is 8.93. The topological polar surface area (TPSA) is 83.7 Å². The average molecular weight is 209 g/mol. The summed E-state index contributed by atoms with van der Waals surface area (Å²) in [5.74, 6) is 0. The van der Waals surface area contributed by atoms with Crippen molar-refractivity contribution in [2.75, 3.05) is 0 Å². The Labute approximate surface area is 81.7 Å². The Bertz CT molecular complexity index is 514. The van der Waals surface area contributed by atoms with Crippen LogP contribution in [0.3, 0.4) is 0 Å². The molecule has 72 valence electrons. The van der Waals surface area contributed by atoms with Gasteiger partial charge in [0.05, 0.1) is 0 Å². The van der Waals surface area contributed by atoms with Gasteiger partial charge in [0.2, 0.25) is 9.84 Å². The number of rotatable bonds is 2. The molecule has 1 rings (SSSR count). The van der Waals surface area contributed by atoms with Gasteiger partial charge in [-0.25, -0.2) is 18.4 Å². The van der Waals surface area contributed by atoms with E-state index in [2.05, 4.69) is 16.5 Å². The number of aryl methyl sites for hydroxylation is 1. The summed E-state index contributed by atoms with van der Waals surface area (Å²) >= 11 is 0. The molecule has 0 radical (unpaired) electrons. The fourth-order valence-corrected chi connectivity index (χ4v) is 1.45. The van der Waals surface area contributed by atoms with E-state index in [0.29, 0.717) is 5.69 Å². The summed E-state index contributed by atoms with van der Waals surface area (Å²) in [6, 6.07) is 3.16. The van der Waals surface area contributed by atoms with Gasteiger partial charge in [0, 0.05) is 11.1 Å². The molecule has 6 heteroatoms. The van der Waals surface area contributed by atoms with Crippen LogP contribution in [0.5, 0.6) is 0 Å². The summed E-state index contributed by atoms with van der Waals surface area (Å²) in [6.45, 7) is 4.73. The lowest BCUT2D eigenvalue weighted by Crippen LogP contribution is -2.05. The molecular weight excluding hydrogens is 202 g/mol. The van der Waals surface area contributed by atoms with E-state index in [-0.39, 0.29) is 10.9 Å². The Kier molecular flexibility index (Phi) is 2.63. The van der Waals surface area contributed by atoms with Crippen LogP contribution < -0.4 is 0 Å². The Balaban J connectivity index is 3.46. The molecule has 0 saturated heterocycles. The second-order valence-electron chi connectivity index (χ2n) is 2.50. The van der Waals surface area contributed by atoms with Gasteiger partial charge in [0.15, 0.2) is 0 Å². The highest BCUT2D eigenvalue weighted by molar-refractivity contribution is 7.94. The summed E-state index contributed by atoms with van der Waals surface area (Å²) in [7, 11) is -3.66. The molecule has 0 aliphatic carbocycles. The van der Waals surface area contributed by atoms with Crippen LogP contribution in [-0.2, 0) is 9.84 Å². The van der Waals surface area contributed by atoms with Crippen molar-refractivity contribution in [2.45, 2.75) is 12.1 Å². The number of hydrogen-bond donors (Lipinski definition) is 0. The third-order valence-electron chi connectivity index (χ3n) is 1.42. The lowest BCUT2D eigenvalue weighted by molar-refractivity contribution is 0.595. The van der Waals surface area contributed by atoms with Crippen molar-refractivity contribution >= 4 is 9.84 Å². The quantitative estimate of drug-likeness (QED) is 0.665. The molecule has 0 unspecified atom stereocenters. The van der Waals surface area contributed by atoms with Gasteiger partial charge >= 0.3 is 0 Å². The molecule has 0 spiro atoms.